The van der Waals surface area contributed by atoms with E-state index in [2.05, 4.69) is 4.98 Å². The monoisotopic (exact) mass is 236 g/mol. The van der Waals surface area contributed by atoms with Crippen LogP contribution in [0.5, 0.6) is 5.75 Å². The van der Waals surface area contributed by atoms with Gasteiger partial charge in [-0.15, -0.1) is 0 Å². The molecule has 0 unspecified atom stereocenters. The van der Waals surface area contributed by atoms with Gasteiger partial charge in [0.25, 0.3) is 5.91 Å². The molecule has 6 heteroatoms. The van der Waals surface area contributed by atoms with Crippen LogP contribution in [0, 0.1) is 5.92 Å². The molecule has 6 nitrogen and oxygen atoms in total. The SMILES string of the molecule is O=C(O)CC1CN(C(=O)c2ccncc2O)C1. The Kier molecular flexibility index (Phi) is 2.95. The Morgan fingerprint density at radius 2 is 2.18 bits per heavy atom. The lowest BCUT2D eigenvalue weighted by molar-refractivity contribution is -0.139. The third-order valence-electron chi connectivity index (χ3n) is 2.74. The summed E-state index contributed by atoms with van der Waals surface area (Å²) in [4.78, 5) is 27.5. The summed E-state index contributed by atoms with van der Waals surface area (Å²) in [5.74, 6) is -1.28. The fourth-order valence-corrected chi connectivity index (χ4v) is 1.85. The van der Waals surface area contributed by atoms with E-state index in [0.29, 0.717) is 13.1 Å². The molecule has 1 amide bonds. The van der Waals surface area contributed by atoms with Gasteiger partial charge in [-0.1, -0.05) is 0 Å². The number of carboxylic acid groups (broad SMARTS) is 1. The number of aromatic hydroxyl groups is 1. The molecule has 1 aromatic rings. The van der Waals surface area contributed by atoms with Gasteiger partial charge in [0.1, 0.15) is 5.75 Å². The maximum Gasteiger partial charge on any atom is 0.303 e. The molecule has 1 aliphatic heterocycles. The molecule has 1 fully saturated rings. The van der Waals surface area contributed by atoms with Gasteiger partial charge in [-0.05, 0) is 6.07 Å². The van der Waals surface area contributed by atoms with Crippen LogP contribution in [0.3, 0.4) is 0 Å². The van der Waals surface area contributed by atoms with Crippen molar-refractivity contribution >= 4 is 11.9 Å². The first-order chi connectivity index (χ1) is 8.08. The van der Waals surface area contributed by atoms with Crippen molar-refractivity contribution in [2.75, 3.05) is 13.1 Å². The zero-order valence-electron chi connectivity index (χ0n) is 9.04. The average Bonchev–Trinajstić information content (AvgIpc) is 2.22. The number of likely N-dealkylation sites (tertiary alicyclic amines) is 1. The molecule has 2 heterocycles. The van der Waals surface area contributed by atoms with Crippen molar-refractivity contribution in [3.05, 3.63) is 24.0 Å². The molecular weight excluding hydrogens is 224 g/mol. The van der Waals surface area contributed by atoms with Gasteiger partial charge in [-0.3, -0.25) is 14.6 Å². The predicted molar refractivity (Wildman–Crippen MR) is 57.5 cm³/mol. The number of pyridine rings is 1. The van der Waals surface area contributed by atoms with Crippen LogP contribution >= 0.6 is 0 Å². The smallest absolute Gasteiger partial charge is 0.303 e. The molecule has 0 aromatic carbocycles. The van der Waals surface area contributed by atoms with Gasteiger partial charge >= 0.3 is 5.97 Å². The summed E-state index contributed by atoms with van der Waals surface area (Å²) in [5, 5.41) is 18.0. The molecule has 1 aromatic heterocycles. The standard InChI is InChI=1S/C11H12N2O4/c14-9-4-12-2-1-8(9)11(17)13-5-7(6-13)3-10(15)16/h1-2,4,7,14H,3,5-6H2,(H,15,16). The highest BCUT2D eigenvalue weighted by atomic mass is 16.4. The van der Waals surface area contributed by atoms with E-state index in [0.717, 1.165) is 0 Å². The van der Waals surface area contributed by atoms with Crippen LogP contribution < -0.4 is 0 Å². The number of carbonyl (C=O) groups excluding carboxylic acids is 1. The summed E-state index contributed by atoms with van der Waals surface area (Å²) in [6.07, 6.45) is 2.72. The molecule has 2 rings (SSSR count). The number of hydrogen-bond donors (Lipinski definition) is 2. The molecule has 2 N–H and O–H groups in total. The lowest BCUT2D eigenvalue weighted by Crippen LogP contribution is -2.50. The summed E-state index contributed by atoms with van der Waals surface area (Å²) in [6, 6.07) is 1.45. The largest absolute Gasteiger partial charge is 0.505 e. The van der Waals surface area contributed by atoms with Crippen molar-refractivity contribution in [3.63, 3.8) is 0 Å². The van der Waals surface area contributed by atoms with E-state index in [9.17, 15) is 14.7 Å². The number of amides is 1. The van der Waals surface area contributed by atoms with Crippen LogP contribution in [0.25, 0.3) is 0 Å². The highest BCUT2D eigenvalue weighted by Gasteiger charge is 2.33. The van der Waals surface area contributed by atoms with Gasteiger partial charge in [0.05, 0.1) is 18.2 Å². The van der Waals surface area contributed by atoms with E-state index in [1.807, 2.05) is 0 Å². The maximum absolute atomic E-state index is 11.9. The van der Waals surface area contributed by atoms with Crippen LogP contribution in [-0.2, 0) is 4.79 Å². The topological polar surface area (TPSA) is 90.7 Å². The Morgan fingerprint density at radius 3 is 2.76 bits per heavy atom. The number of carbonyl (C=O) groups is 2. The lowest BCUT2D eigenvalue weighted by Gasteiger charge is -2.38. The number of hydrogen-bond acceptors (Lipinski definition) is 4. The van der Waals surface area contributed by atoms with E-state index in [1.54, 1.807) is 0 Å². The Balaban J connectivity index is 1.96. The van der Waals surface area contributed by atoms with E-state index >= 15 is 0 Å². The van der Waals surface area contributed by atoms with Gasteiger partial charge in [-0.2, -0.15) is 0 Å². The highest BCUT2D eigenvalue weighted by molar-refractivity contribution is 5.97. The molecule has 0 atom stereocenters. The minimum Gasteiger partial charge on any atom is -0.505 e. The van der Waals surface area contributed by atoms with Crippen molar-refractivity contribution < 1.29 is 19.8 Å². The minimum atomic E-state index is -0.853. The van der Waals surface area contributed by atoms with Crippen LogP contribution in [0.2, 0.25) is 0 Å². The van der Waals surface area contributed by atoms with Crippen molar-refractivity contribution in [3.8, 4) is 5.75 Å². The molecule has 1 saturated heterocycles. The summed E-state index contributed by atoms with van der Waals surface area (Å²) in [7, 11) is 0. The first-order valence-electron chi connectivity index (χ1n) is 5.22. The van der Waals surface area contributed by atoms with Gasteiger partial charge in [-0.25, -0.2) is 0 Å². The molecule has 0 radical (unpaired) electrons. The molecule has 0 bridgehead atoms. The van der Waals surface area contributed by atoms with Crippen LogP contribution in [0.1, 0.15) is 16.8 Å². The van der Waals surface area contributed by atoms with E-state index in [-0.39, 0.29) is 29.6 Å². The molecule has 17 heavy (non-hydrogen) atoms. The molecule has 90 valence electrons. The van der Waals surface area contributed by atoms with Crippen molar-refractivity contribution in [1.82, 2.24) is 9.88 Å². The second kappa shape index (κ2) is 4.40. The summed E-state index contributed by atoms with van der Waals surface area (Å²) >= 11 is 0. The van der Waals surface area contributed by atoms with E-state index in [1.165, 1.54) is 23.4 Å². The first-order valence-corrected chi connectivity index (χ1v) is 5.22. The number of carboxylic acids is 1. The van der Waals surface area contributed by atoms with Gasteiger partial charge in [0.15, 0.2) is 0 Å². The Bertz CT molecular complexity index is 455. The quantitative estimate of drug-likeness (QED) is 0.789. The summed E-state index contributed by atoms with van der Waals surface area (Å²) in [5.41, 5.74) is 0.203. The normalized spacial score (nSPS) is 15.4. The third-order valence-corrected chi connectivity index (χ3v) is 2.74. The Morgan fingerprint density at radius 1 is 1.47 bits per heavy atom. The van der Waals surface area contributed by atoms with Crippen molar-refractivity contribution in [1.29, 1.82) is 0 Å². The van der Waals surface area contributed by atoms with Gasteiger partial charge in [0, 0.05) is 25.2 Å². The number of aliphatic carboxylic acids is 1. The molecule has 0 spiro atoms. The summed E-state index contributed by atoms with van der Waals surface area (Å²) in [6.45, 7) is 0.847. The van der Waals surface area contributed by atoms with E-state index < -0.39 is 5.97 Å². The maximum atomic E-state index is 11.9. The van der Waals surface area contributed by atoms with Crippen molar-refractivity contribution in [2.24, 2.45) is 5.92 Å². The second-order valence-electron chi connectivity index (χ2n) is 4.07. The average molecular weight is 236 g/mol. The predicted octanol–water partition coefficient (Wildman–Crippen LogP) is 0.334. The third kappa shape index (κ3) is 2.35. The lowest BCUT2D eigenvalue weighted by atomic mass is 9.95. The van der Waals surface area contributed by atoms with Crippen molar-refractivity contribution in [2.45, 2.75) is 6.42 Å². The number of aromatic nitrogens is 1. The van der Waals surface area contributed by atoms with Gasteiger partial charge < -0.3 is 15.1 Å². The minimum absolute atomic E-state index is 0.0143. The molecule has 0 saturated carbocycles. The highest BCUT2D eigenvalue weighted by Crippen LogP contribution is 2.24. The Hall–Kier alpha value is -2.11. The van der Waals surface area contributed by atoms with Gasteiger partial charge in [0.2, 0.25) is 0 Å². The van der Waals surface area contributed by atoms with Crippen LogP contribution in [0.15, 0.2) is 18.5 Å². The van der Waals surface area contributed by atoms with E-state index in [4.69, 9.17) is 5.11 Å². The molecule has 0 aliphatic carbocycles. The molecular formula is C11H12N2O4. The second-order valence-corrected chi connectivity index (χ2v) is 4.07. The Labute approximate surface area is 97.5 Å². The van der Waals surface area contributed by atoms with Crippen LogP contribution in [0.4, 0.5) is 0 Å². The number of nitrogens with zero attached hydrogens (tertiary/aromatic N) is 2. The fourth-order valence-electron chi connectivity index (χ4n) is 1.85. The summed E-state index contributed by atoms with van der Waals surface area (Å²) < 4.78 is 0. The number of rotatable bonds is 3. The fraction of sp³-hybridized carbons (Fsp3) is 0.364. The van der Waals surface area contributed by atoms with Crippen LogP contribution in [-0.4, -0.2) is 45.1 Å². The first kappa shape index (κ1) is 11.4. The molecule has 1 aliphatic rings. The zero-order valence-corrected chi connectivity index (χ0v) is 9.04. The zero-order chi connectivity index (χ0) is 12.4.